The van der Waals surface area contributed by atoms with E-state index in [4.69, 9.17) is 13.9 Å². The van der Waals surface area contributed by atoms with Crippen molar-refractivity contribution in [2.75, 3.05) is 19.0 Å². The maximum Gasteiger partial charge on any atom is 0.256 e. The molecule has 0 aliphatic heterocycles. The Morgan fingerprint density at radius 3 is 2.35 bits per heavy atom. The zero-order valence-corrected chi connectivity index (χ0v) is 11.8. The Labute approximate surface area is 107 Å². The number of aryl methyl sites for hydroxylation is 2. The second-order valence-corrected chi connectivity index (χ2v) is 4.64. The molecule has 0 saturated heterocycles. The zero-order chi connectivity index (χ0) is 12.7. The molecular weight excluding hydrogens is 238 g/mol. The van der Waals surface area contributed by atoms with Crippen molar-refractivity contribution >= 4 is 11.8 Å². The molecule has 0 spiro atoms. The summed E-state index contributed by atoms with van der Waals surface area (Å²) in [4.78, 5) is 4.31. The lowest BCUT2D eigenvalue weighted by atomic mass is 10.4. The normalized spacial score (nSPS) is 11.4. The van der Waals surface area contributed by atoms with Crippen molar-refractivity contribution < 1.29 is 13.9 Å². The minimum absolute atomic E-state index is 0.116. The van der Waals surface area contributed by atoms with Crippen LogP contribution in [-0.4, -0.2) is 30.2 Å². The highest BCUT2D eigenvalue weighted by atomic mass is 32.2. The van der Waals surface area contributed by atoms with E-state index >= 15 is 0 Å². The van der Waals surface area contributed by atoms with Gasteiger partial charge in [-0.3, -0.25) is 0 Å². The lowest BCUT2D eigenvalue weighted by molar-refractivity contribution is -0.136. The minimum atomic E-state index is -0.116. The lowest BCUT2D eigenvalue weighted by Crippen LogP contribution is -2.18. The quantitative estimate of drug-likeness (QED) is 0.530. The van der Waals surface area contributed by atoms with Crippen LogP contribution in [0.3, 0.4) is 0 Å². The van der Waals surface area contributed by atoms with Crippen LogP contribution in [0.1, 0.15) is 31.7 Å². The fourth-order valence-electron chi connectivity index (χ4n) is 1.33. The molecule has 5 heteroatoms. The zero-order valence-electron chi connectivity index (χ0n) is 11.0. The Hall–Kier alpha value is -0.520. The highest BCUT2D eigenvalue weighted by molar-refractivity contribution is 7.99. The molecule has 4 nitrogen and oxygen atoms in total. The summed E-state index contributed by atoms with van der Waals surface area (Å²) in [5.74, 6) is 1.77. The van der Waals surface area contributed by atoms with Crippen LogP contribution in [0.4, 0.5) is 0 Å². The van der Waals surface area contributed by atoms with Crippen LogP contribution in [-0.2, 0) is 9.47 Å². The van der Waals surface area contributed by atoms with Gasteiger partial charge in [0.15, 0.2) is 6.29 Å². The van der Waals surface area contributed by atoms with Crippen LogP contribution in [0.25, 0.3) is 0 Å². The molecule has 0 fully saturated rings. The molecule has 0 aliphatic rings. The van der Waals surface area contributed by atoms with Gasteiger partial charge in [-0.25, -0.2) is 4.98 Å². The molecule has 1 aromatic heterocycles. The van der Waals surface area contributed by atoms with Gasteiger partial charge in [0.05, 0.1) is 5.69 Å². The van der Waals surface area contributed by atoms with Gasteiger partial charge < -0.3 is 13.9 Å². The standard InChI is InChI=1S/C12H21NO3S/c1-5-14-11(15-6-2)7-8-17-12-13-9(3)10(4)16-12/h11H,5-8H2,1-4H3. The average molecular weight is 259 g/mol. The van der Waals surface area contributed by atoms with Gasteiger partial charge in [-0.2, -0.15) is 0 Å². The van der Waals surface area contributed by atoms with Crippen LogP contribution >= 0.6 is 11.8 Å². The van der Waals surface area contributed by atoms with Crippen LogP contribution in [0.2, 0.25) is 0 Å². The molecule has 1 heterocycles. The Morgan fingerprint density at radius 1 is 1.24 bits per heavy atom. The average Bonchev–Trinajstić information content (AvgIpc) is 2.59. The summed E-state index contributed by atoms with van der Waals surface area (Å²) in [6.07, 6.45) is 0.724. The summed E-state index contributed by atoms with van der Waals surface area (Å²) < 4.78 is 16.4. The SMILES string of the molecule is CCOC(CCSc1nc(C)c(C)o1)OCC. The van der Waals surface area contributed by atoms with Crippen molar-refractivity contribution in [1.29, 1.82) is 0 Å². The maximum atomic E-state index is 5.49. The number of thioether (sulfide) groups is 1. The van der Waals surface area contributed by atoms with Crippen LogP contribution < -0.4 is 0 Å². The number of oxazole rings is 1. The number of hydrogen-bond acceptors (Lipinski definition) is 5. The Morgan fingerprint density at radius 2 is 1.88 bits per heavy atom. The highest BCUT2D eigenvalue weighted by Gasteiger charge is 2.10. The summed E-state index contributed by atoms with van der Waals surface area (Å²) >= 11 is 1.60. The summed E-state index contributed by atoms with van der Waals surface area (Å²) in [7, 11) is 0. The summed E-state index contributed by atoms with van der Waals surface area (Å²) in [6, 6.07) is 0. The predicted molar refractivity (Wildman–Crippen MR) is 68.4 cm³/mol. The van der Waals surface area contributed by atoms with E-state index in [-0.39, 0.29) is 6.29 Å². The number of aromatic nitrogens is 1. The van der Waals surface area contributed by atoms with E-state index in [1.165, 1.54) is 0 Å². The topological polar surface area (TPSA) is 44.5 Å². The van der Waals surface area contributed by atoms with Crippen molar-refractivity contribution in [3.05, 3.63) is 11.5 Å². The van der Waals surface area contributed by atoms with Gasteiger partial charge in [-0.15, -0.1) is 0 Å². The number of hydrogen-bond donors (Lipinski definition) is 0. The molecule has 0 N–H and O–H groups in total. The van der Waals surface area contributed by atoms with Crippen molar-refractivity contribution in [2.45, 2.75) is 45.6 Å². The van der Waals surface area contributed by atoms with E-state index in [2.05, 4.69) is 4.98 Å². The Bertz CT molecular complexity index is 302. The van der Waals surface area contributed by atoms with E-state index in [1.54, 1.807) is 11.8 Å². The van der Waals surface area contributed by atoms with Gasteiger partial charge in [-0.1, -0.05) is 11.8 Å². The summed E-state index contributed by atoms with van der Waals surface area (Å²) in [5.41, 5.74) is 0.957. The number of rotatable bonds is 8. The van der Waals surface area contributed by atoms with Gasteiger partial charge >= 0.3 is 0 Å². The first-order valence-electron chi connectivity index (χ1n) is 5.97. The molecule has 0 aromatic carbocycles. The molecule has 1 aromatic rings. The van der Waals surface area contributed by atoms with E-state index in [0.717, 1.165) is 28.9 Å². The number of nitrogens with zero attached hydrogens (tertiary/aromatic N) is 1. The van der Waals surface area contributed by atoms with E-state index in [1.807, 2.05) is 27.7 Å². The molecule has 0 aliphatic carbocycles. The largest absolute Gasteiger partial charge is 0.437 e. The molecule has 0 saturated carbocycles. The second kappa shape index (κ2) is 7.74. The lowest BCUT2D eigenvalue weighted by Gasteiger charge is -2.15. The maximum absolute atomic E-state index is 5.49. The van der Waals surface area contributed by atoms with E-state index < -0.39 is 0 Å². The minimum Gasteiger partial charge on any atom is -0.437 e. The first-order valence-corrected chi connectivity index (χ1v) is 6.96. The third-order valence-electron chi connectivity index (χ3n) is 2.29. The fraction of sp³-hybridized carbons (Fsp3) is 0.750. The Kier molecular flexibility index (Phi) is 6.62. The molecule has 98 valence electrons. The molecule has 0 atom stereocenters. The molecule has 0 radical (unpaired) electrons. The van der Waals surface area contributed by atoms with Gasteiger partial charge in [0.2, 0.25) is 0 Å². The van der Waals surface area contributed by atoms with E-state index in [0.29, 0.717) is 13.2 Å². The Balaban J connectivity index is 2.30. The van der Waals surface area contributed by atoms with Crippen molar-refractivity contribution in [1.82, 2.24) is 4.98 Å². The number of ether oxygens (including phenoxy) is 2. The highest BCUT2D eigenvalue weighted by Crippen LogP contribution is 2.21. The predicted octanol–water partition coefficient (Wildman–Crippen LogP) is 3.17. The van der Waals surface area contributed by atoms with Crippen LogP contribution in [0.15, 0.2) is 9.64 Å². The fourth-order valence-corrected chi connectivity index (χ4v) is 2.20. The molecule has 17 heavy (non-hydrogen) atoms. The molecule has 0 amide bonds. The third kappa shape index (κ3) is 5.10. The summed E-state index contributed by atoms with van der Waals surface area (Å²) in [5, 5.41) is 0.728. The molecule has 0 unspecified atom stereocenters. The molecule has 1 rings (SSSR count). The van der Waals surface area contributed by atoms with Gasteiger partial charge in [-0.05, 0) is 27.7 Å². The van der Waals surface area contributed by atoms with Crippen molar-refractivity contribution in [3.63, 3.8) is 0 Å². The van der Waals surface area contributed by atoms with Crippen molar-refractivity contribution in [2.24, 2.45) is 0 Å². The summed E-state index contributed by atoms with van der Waals surface area (Å²) in [6.45, 7) is 9.17. The molecule has 0 bridgehead atoms. The van der Waals surface area contributed by atoms with Gasteiger partial charge in [0.1, 0.15) is 5.76 Å². The first kappa shape index (κ1) is 14.5. The third-order valence-corrected chi connectivity index (χ3v) is 3.15. The monoisotopic (exact) mass is 259 g/mol. The van der Waals surface area contributed by atoms with Crippen LogP contribution in [0.5, 0.6) is 0 Å². The van der Waals surface area contributed by atoms with Crippen molar-refractivity contribution in [3.8, 4) is 0 Å². The van der Waals surface area contributed by atoms with Crippen LogP contribution in [0, 0.1) is 13.8 Å². The smallest absolute Gasteiger partial charge is 0.256 e. The first-order chi connectivity index (χ1) is 8.17. The second-order valence-electron chi connectivity index (χ2n) is 3.60. The molecular formula is C12H21NO3S. The van der Waals surface area contributed by atoms with E-state index in [9.17, 15) is 0 Å². The van der Waals surface area contributed by atoms with Gasteiger partial charge in [0, 0.05) is 25.4 Å². The van der Waals surface area contributed by atoms with Gasteiger partial charge in [0.25, 0.3) is 5.22 Å².